The van der Waals surface area contributed by atoms with E-state index in [9.17, 15) is 10.1 Å². The highest BCUT2D eigenvalue weighted by molar-refractivity contribution is 5.50. The molecule has 0 unspecified atom stereocenters. The summed E-state index contributed by atoms with van der Waals surface area (Å²) < 4.78 is 0. The molecule has 1 aliphatic heterocycles. The molecule has 1 N–H and O–H groups in total. The maximum Gasteiger partial charge on any atom is 0.305 e. The predicted octanol–water partition coefficient (Wildman–Crippen LogP) is 2.09. The highest BCUT2D eigenvalue weighted by Crippen LogP contribution is 2.18. The van der Waals surface area contributed by atoms with Crippen LogP contribution in [-0.4, -0.2) is 59.0 Å². The normalized spacial score (nSPS) is 15.2. The zero-order valence-corrected chi connectivity index (χ0v) is 15.0. The highest BCUT2D eigenvalue weighted by atomic mass is 16.6. The lowest BCUT2D eigenvalue weighted by Gasteiger charge is -2.34. The summed E-state index contributed by atoms with van der Waals surface area (Å²) in [6.45, 7) is 6.59. The monoisotopic (exact) mass is 366 g/mol. The van der Waals surface area contributed by atoms with Crippen LogP contribution in [-0.2, 0) is 6.54 Å². The first kappa shape index (κ1) is 18.8. The number of nitrogens with zero attached hydrogens (tertiary/aromatic N) is 5. The van der Waals surface area contributed by atoms with Crippen molar-refractivity contribution in [1.82, 2.24) is 14.8 Å². The van der Waals surface area contributed by atoms with Gasteiger partial charge in [-0.2, -0.15) is 5.26 Å². The van der Waals surface area contributed by atoms with Gasteiger partial charge in [-0.15, -0.1) is 0 Å². The van der Waals surface area contributed by atoms with Crippen molar-refractivity contribution in [3.63, 3.8) is 0 Å². The van der Waals surface area contributed by atoms with Gasteiger partial charge in [0.25, 0.3) is 0 Å². The van der Waals surface area contributed by atoms with E-state index >= 15 is 0 Å². The summed E-state index contributed by atoms with van der Waals surface area (Å²) in [5.41, 5.74) is 0.905. The number of pyridine rings is 1. The third kappa shape index (κ3) is 5.23. The van der Waals surface area contributed by atoms with Crippen molar-refractivity contribution >= 4 is 11.5 Å². The second-order valence-electron chi connectivity index (χ2n) is 6.46. The molecule has 1 saturated heterocycles. The van der Waals surface area contributed by atoms with Crippen LogP contribution in [0.25, 0.3) is 0 Å². The predicted molar refractivity (Wildman–Crippen MR) is 102 cm³/mol. The van der Waals surface area contributed by atoms with Gasteiger partial charge in [0.1, 0.15) is 11.9 Å². The van der Waals surface area contributed by atoms with Crippen LogP contribution < -0.4 is 5.32 Å². The van der Waals surface area contributed by atoms with E-state index in [-0.39, 0.29) is 11.4 Å². The van der Waals surface area contributed by atoms with Gasteiger partial charge in [0.05, 0.1) is 4.92 Å². The minimum Gasteiger partial charge on any atom is -0.369 e. The fourth-order valence-corrected chi connectivity index (χ4v) is 3.13. The van der Waals surface area contributed by atoms with Crippen LogP contribution in [0.15, 0.2) is 42.5 Å². The first-order valence-electron chi connectivity index (χ1n) is 8.94. The molecule has 3 rings (SSSR count). The van der Waals surface area contributed by atoms with Gasteiger partial charge in [0.15, 0.2) is 0 Å². The van der Waals surface area contributed by atoms with Gasteiger partial charge in [0.2, 0.25) is 5.69 Å². The molecular weight excluding hydrogens is 344 g/mol. The molecule has 0 aliphatic carbocycles. The van der Waals surface area contributed by atoms with E-state index in [0.29, 0.717) is 12.4 Å². The van der Waals surface area contributed by atoms with Crippen molar-refractivity contribution in [3.05, 3.63) is 63.8 Å². The molecule has 0 radical (unpaired) electrons. The van der Waals surface area contributed by atoms with E-state index in [2.05, 4.69) is 44.4 Å². The Bertz CT molecular complexity index is 813. The zero-order valence-electron chi connectivity index (χ0n) is 15.0. The van der Waals surface area contributed by atoms with Crippen LogP contribution in [0, 0.1) is 21.4 Å². The first-order valence-corrected chi connectivity index (χ1v) is 8.94. The summed E-state index contributed by atoms with van der Waals surface area (Å²) in [6, 6.07) is 15.1. The molecule has 2 heterocycles. The standard InChI is InChI=1S/C19H22N6O2/c20-14-17-18(25(26)27)6-7-19(22-17)21-8-9-23-10-12-24(13-11-23)15-16-4-2-1-3-5-16/h1-7H,8-13,15H2,(H,21,22). The molecule has 1 aliphatic rings. The van der Waals surface area contributed by atoms with Gasteiger partial charge in [-0.05, 0) is 11.6 Å². The number of nitriles is 1. The molecule has 0 atom stereocenters. The average molecular weight is 366 g/mol. The fraction of sp³-hybridized carbons (Fsp3) is 0.368. The molecule has 0 saturated carbocycles. The molecule has 1 aromatic heterocycles. The van der Waals surface area contributed by atoms with E-state index in [1.807, 2.05) is 6.07 Å². The van der Waals surface area contributed by atoms with E-state index in [0.717, 1.165) is 39.3 Å². The van der Waals surface area contributed by atoms with Gasteiger partial charge >= 0.3 is 5.69 Å². The second kappa shape index (κ2) is 9.07. The summed E-state index contributed by atoms with van der Waals surface area (Å²) in [5.74, 6) is 0.486. The number of hydrogen-bond donors (Lipinski definition) is 1. The van der Waals surface area contributed by atoms with Crippen LogP contribution in [0.2, 0.25) is 0 Å². The zero-order chi connectivity index (χ0) is 19.1. The minimum absolute atomic E-state index is 0.167. The van der Waals surface area contributed by atoms with Gasteiger partial charge < -0.3 is 5.32 Å². The Morgan fingerprint density at radius 3 is 2.48 bits per heavy atom. The second-order valence-corrected chi connectivity index (χ2v) is 6.46. The number of piperazine rings is 1. The SMILES string of the molecule is N#Cc1nc(NCCN2CCN(Cc3ccccc3)CC2)ccc1[N+](=O)[O-]. The number of nitrogens with one attached hydrogen (secondary N) is 1. The third-order valence-corrected chi connectivity index (χ3v) is 4.62. The number of benzene rings is 1. The lowest BCUT2D eigenvalue weighted by atomic mass is 10.2. The Labute approximate surface area is 158 Å². The van der Waals surface area contributed by atoms with E-state index in [1.54, 1.807) is 6.07 Å². The molecule has 140 valence electrons. The van der Waals surface area contributed by atoms with Crippen LogP contribution >= 0.6 is 0 Å². The summed E-state index contributed by atoms with van der Waals surface area (Å²) >= 11 is 0. The maximum atomic E-state index is 10.8. The van der Waals surface area contributed by atoms with Crippen molar-refractivity contribution in [1.29, 1.82) is 5.26 Å². The summed E-state index contributed by atoms with van der Waals surface area (Å²) in [6.07, 6.45) is 0. The average Bonchev–Trinajstić information content (AvgIpc) is 2.70. The molecule has 1 aromatic carbocycles. The Kier molecular flexibility index (Phi) is 6.30. The van der Waals surface area contributed by atoms with Crippen molar-refractivity contribution < 1.29 is 4.92 Å². The molecule has 0 spiro atoms. The Morgan fingerprint density at radius 2 is 1.81 bits per heavy atom. The van der Waals surface area contributed by atoms with Crippen LogP contribution in [0.5, 0.6) is 0 Å². The molecule has 8 heteroatoms. The Balaban J connectivity index is 1.42. The highest BCUT2D eigenvalue weighted by Gasteiger charge is 2.17. The number of aromatic nitrogens is 1. The van der Waals surface area contributed by atoms with Crippen molar-refractivity contribution in [2.24, 2.45) is 0 Å². The van der Waals surface area contributed by atoms with Crippen molar-refractivity contribution in [2.75, 3.05) is 44.6 Å². The van der Waals surface area contributed by atoms with Crippen molar-refractivity contribution in [3.8, 4) is 6.07 Å². The third-order valence-electron chi connectivity index (χ3n) is 4.62. The minimum atomic E-state index is -0.593. The fourth-order valence-electron chi connectivity index (χ4n) is 3.13. The van der Waals surface area contributed by atoms with Gasteiger partial charge in [-0.25, -0.2) is 4.98 Å². The molecule has 1 fully saturated rings. The first-order chi connectivity index (χ1) is 13.2. The molecular formula is C19H22N6O2. The largest absolute Gasteiger partial charge is 0.369 e. The molecule has 27 heavy (non-hydrogen) atoms. The quantitative estimate of drug-likeness (QED) is 0.592. The Hall–Kier alpha value is -3.02. The molecule has 8 nitrogen and oxygen atoms in total. The Morgan fingerprint density at radius 1 is 1.11 bits per heavy atom. The molecule has 0 bridgehead atoms. The smallest absolute Gasteiger partial charge is 0.305 e. The number of anilines is 1. The summed E-state index contributed by atoms with van der Waals surface area (Å²) in [5, 5.41) is 23.0. The summed E-state index contributed by atoms with van der Waals surface area (Å²) in [4.78, 5) is 19.1. The molecule has 2 aromatic rings. The van der Waals surface area contributed by atoms with Gasteiger partial charge in [-0.1, -0.05) is 30.3 Å². The summed E-state index contributed by atoms with van der Waals surface area (Å²) in [7, 11) is 0. The lowest BCUT2D eigenvalue weighted by Crippen LogP contribution is -2.47. The lowest BCUT2D eigenvalue weighted by molar-refractivity contribution is -0.385. The maximum absolute atomic E-state index is 10.8. The van der Waals surface area contributed by atoms with E-state index < -0.39 is 4.92 Å². The van der Waals surface area contributed by atoms with E-state index in [1.165, 1.54) is 17.7 Å². The topological polar surface area (TPSA) is 98.3 Å². The van der Waals surface area contributed by atoms with Crippen molar-refractivity contribution in [2.45, 2.75) is 6.54 Å². The van der Waals surface area contributed by atoms with E-state index in [4.69, 9.17) is 5.26 Å². The number of nitro groups is 1. The van der Waals surface area contributed by atoms with Crippen LogP contribution in [0.1, 0.15) is 11.3 Å². The van der Waals surface area contributed by atoms with Gasteiger partial charge in [0, 0.05) is 51.9 Å². The van der Waals surface area contributed by atoms with Crippen LogP contribution in [0.3, 0.4) is 0 Å². The van der Waals surface area contributed by atoms with Crippen LogP contribution in [0.4, 0.5) is 11.5 Å². The molecule has 0 amide bonds. The number of hydrogen-bond acceptors (Lipinski definition) is 7. The number of rotatable bonds is 7. The van der Waals surface area contributed by atoms with Gasteiger partial charge in [-0.3, -0.25) is 19.9 Å².